The molecule has 2 nitrogen and oxygen atoms in total. The lowest BCUT2D eigenvalue weighted by atomic mass is 10.0. The molecule has 1 aromatic heterocycles. The fourth-order valence-electron chi connectivity index (χ4n) is 1.64. The predicted octanol–water partition coefficient (Wildman–Crippen LogP) is 2.72. The second-order valence-corrected chi connectivity index (χ2v) is 3.76. The molecule has 0 radical (unpaired) electrons. The number of nitrogens with one attached hydrogen (secondary N) is 1. The molecule has 1 aromatic carbocycles. The van der Waals surface area contributed by atoms with Gasteiger partial charge in [-0.15, -0.1) is 0 Å². The van der Waals surface area contributed by atoms with E-state index in [0.717, 1.165) is 5.56 Å². The molecule has 2 rings (SSSR count). The van der Waals surface area contributed by atoms with Gasteiger partial charge in [0, 0.05) is 6.04 Å². The van der Waals surface area contributed by atoms with Crippen LogP contribution in [0.1, 0.15) is 12.5 Å². The van der Waals surface area contributed by atoms with Gasteiger partial charge in [-0.1, -0.05) is 6.07 Å². The van der Waals surface area contributed by atoms with Gasteiger partial charge in [-0.25, -0.2) is 4.39 Å². The SMILES string of the molecule is CN[C@H](C)Cc1ccc2occc2c1F. The summed E-state index contributed by atoms with van der Waals surface area (Å²) in [7, 11) is 1.87. The molecule has 3 heteroatoms. The first-order valence-corrected chi connectivity index (χ1v) is 5.04. The highest BCUT2D eigenvalue weighted by Gasteiger charge is 2.11. The van der Waals surface area contributed by atoms with Gasteiger partial charge in [-0.05, 0) is 38.1 Å². The van der Waals surface area contributed by atoms with Crippen molar-refractivity contribution in [1.29, 1.82) is 0 Å². The Bertz CT molecular complexity index is 464. The van der Waals surface area contributed by atoms with Gasteiger partial charge in [-0.2, -0.15) is 0 Å². The number of benzene rings is 1. The van der Waals surface area contributed by atoms with Crippen molar-refractivity contribution in [2.45, 2.75) is 19.4 Å². The van der Waals surface area contributed by atoms with E-state index < -0.39 is 0 Å². The van der Waals surface area contributed by atoms with Crippen molar-refractivity contribution in [3.05, 3.63) is 35.8 Å². The summed E-state index contributed by atoms with van der Waals surface area (Å²) in [6, 6.07) is 5.53. The topological polar surface area (TPSA) is 25.2 Å². The molecule has 1 atom stereocenters. The molecule has 80 valence electrons. The van der Waals surface area contributed by atoms with Crippen LogP contribution in [0.2, 0.25) is 0 Å². The van der Waals surface area contributed by atoms with E-state index in [-0.39, 0.29) is 11.9 Å². The minimum Gasteiger partial charge on any atom is -0.464 e. The number of furan rings is 1. The molecule has 0 fully saturated rings. The first kappa shape index (κ1) is 10.2. The van der Waals surface area contributed by atoms with Gasteiger partial charge in [0.25, 0.3) is 0 Å². The molecular formula is C12H14FNO. The number of hydrogen-bond donors (Lipinski definition) is 1. The van der Waals surface area contributed by atoms with Gasteiger partial charge >= 0.3 is 0 Å². The second-order valence-electron chi connectivity index (χ2n) is 3.76. The van der Waals surface area contributed by atoms with Crippen LogP contribution >= 0.6 is 0 Å². The third-order valence-corrected chi connectivity index (χ3v) is 2.67. The molecule has 15 heavy (non-hydrogen) atoms. The third-order valence-electron chi connectivity index (χ3n) is 2.67. The summed E-state index contributed by atoms with van der Waals surface area (Å²) in [6.45, 7) is 2.03. The maximum Gasteiger partial charge on any atom is 0.137 e. The normalized spacial score (nSPS) is 13.3. The standard InChI is InChI=1S/C12H14FNO/c1-8(14-2)7-9-3-4-11-10(12(9)13)5-6-15-11/h3-6,8,14H,7H2,1-2H3/t8-/m1/s1. The van der Waals surface area contributed by atoms with E-state index in [9.17, 15) is 4.39 Å². The molecule has 0 spiro atoms. The number of rotatable bonds is 3. The van der Waals surface area contributed by atoms with E-state index in [2.05, 4.69) is 5.32 Å². The first-order chi connectivity index (χ1) is 7.22. The zero-order valence-corrected chi connectivity index (χ0v) is 8.88. The Morgan fingerprint density at radius 2 is 2.20 bits per heavy atom. The second kappa shape index (κ2) is 4.03. The summed E-state index contributed by atoms with van der Waals surface area (Å²) in [6.07, 6.45) is 2.20. The fourth-order valence-corrected chi connectivity index (χ4v) is 1.64. The van der Waals surface area contributed by atoms with E-state index >= 15 is 0 Å². The average molecular weight is 207 g/mol. The summed E-state index contributed by atoms with van der Waals surface area (Å²) in [4.78, 5) is 0. The van der Waals surface area contributed by atoms with Crippen LogP contribution in [0.5, 0.6) is 0 Å². The molecule has 2 aromatic rings. The van der Waals surface area contributed by atoms with Crippen LogP contribution in [0, 0.1) is 5.82 Å². The number of fused-ring (bicyclic) bond motifs is 1. The van der Waals surface area contributed by atoms with E-state index in [4.69, 9.17) is 4.42 Å². The molecule has 0 aliphatic heterocycles. The van der Waals surface area contributed by atoms with Crippen molar-refractivity contribution in [1.82, 2.24) is 5.32 Å². The highest BCUT2D eigenvalue weighted by Crippen LogP contribution is 2.22. The van der Waals surface area contributed by atoms with Crippen LogP contribution in [0.3, 0.4) is 0 Å². The van der Waals surface area contributed by atoms with Gasteiger partial charge in [0.1, 0.15) is 11.4 Å². The Kier molecular flexibility index (Phi) is 2.73. The molecule has 0 amide bonds. The van der Waals surface area contributed by atoms with Crippen LogP contribution in [0.25, 0.3) is 11.0 Å². The minimum atomic E-state index is -0.164. The molecular weight excluding hydrogens is 193 g/mol. The molecule has 1 heterocycles. The molecule has 0 aliphatic carbocycles. The van der Waals surface area contributed by atoms with Crippen LogP contribution in [0.15, 0.2) is 28.9 Å². The third kappa shape index (κ3) is 1.88. The molecule has 1 N–H and O–H groups in total. The molecule has 0 bridgehead atoms. The maximum atomic E-state index is 13.9. The smallest absolute Gasteiger partial charge is 0.137 e. The number of hydrogen-bond acceptors (Lipinski definition) is 2. The van der Waals surface area contributed by atoms with Gasteiger partial charge in [0.15, 0.2) is 0 Å². The van der Waals surface area contributed by atoms with E-state index in [1.165, 1.54) is 6.26 Å². The summed E-state index contributed by atoms with van der Waals surface area (Å²) < 4.78 is 19.0. The van der Waals surface area contributed by atoms with Crippen molar-refractivity contribution in [3.63, 3.8) is 0 Å². The average Bonchev–Trinajstić information content (AvgIpc) is 2.70. The van der Waals surface area contributed by atoms with Crippen LogP contribution < -0.4 is 5.32 Å². The maximum absolute atomic E-state index is 13.9. The summed E-state index contributed by atoms with van der Waals surface area (Å²) >= 11 is 0. The minimum absolute atomic E-state index is 0.164. The molecule has 0 aliphatic rings. The Morgan fingerprint density at radius 1 is 1.40 bits per heavy atom. The summed E-state index contributed by atoms with van der Waals surface area (Å²) in [5.74, 6) is -0.164. The Labute approximate surface area is 88.1 Å². The van der Waals surface area contributed by atoms with Crippen molar-refractivity contribution < 1.29 is 8.81 Å². The fraction of sp³-hybridized carbons (Fsp3) is 0.333. The van der Waals surface area contributed by atoms with Gasteiger partial charge in [-0.3, -0.25) is 0 Å². The molecule has 0 saturated heterocycles. The van der Waals surface area contributed by atoms with Crippen molar-refractivity contribution in [3.8, 4) is 0 Å². The van der Waals surface area contributed by atoms with Crippen LogP contribution in [0.4, 0.5) is 4.39 Å². The van der Waals surface area contributed by atoms with Crippen molar-refractivity contribution in [2.75, 3.05) is 7.05 Å². The van der Waals surface area contributed by atoms with Crippen LogP contribution in [-0.4, -0.2) is 13.1 Å². The van der Waals surface area contributed by atoms with Crippen LogP contribution in [-0.2, 0) is 6.42 Å². The lowest BCUT2D eigenvalue weighted by Gasteiger charge is -2.10. The monoisotopic (exact) mass is 207 g/mol. The zero-order chi connectivity index (χ0) is 10.8. The lowest BCUT2D eigenvalue weighted by molar-refractivity contribution is 0.568. The van der Waals surface area contributed by atoms with Gasteiger partial charge in [0.05, 0.1) is 11.6 Å². The Balaban J connectivity index is 2.39. The summed E-state index contributed by atoms with van der Waals surface area (Å²) in [5, 5.41) is 3.66. The quantitative estimate of drug-likeness (QED) is 0.837. The zero-order valence-electron chi connectivity index (χ0n) is 8.88. The largest absolute Gasteiger partial charge is 0.464 e. The highest BCUT2D eigenvalue weighted by molar-refractivity contribution is 5.78. The van der Waals surface area contributed by atoms with E-state index in [0.29, 0.717) is 17.4 Å². The van der Waals surface area contributed by atoms with E-state index in [1.807, 2.05) is 20.0 Å². The van der Waals surface area contributed by atoms with Crippen molar-refractivity contribution in [2.24, 2.45) is 0 Å². The summed E-state index contributed by atoms with van der Waals surface area (Å²) in [5.41, 5.74) is 1.33. The Morgan fingerprint density at radius 3 is 2.93 bits per heavy atom. The first-order valence-electron chi connectivity index (χ1n) is 5.04. The van der Waals surface area contributed by atoms with Gasteiger partial charge in [0.2, 0.25) is 0 Å². The van der Waals surface area contributed by atoms with Crippen molar-refractivity contribution >= 4 is 11.0 Å². The predicted molar refractivity (Wildman–Crippen MR) is 58.4 cm³/mol. The highest BCUT2D eigenvalue weighted by atomic mass is 19.1. The number of likely N-dealkylation sites (N-methyl/N-ethyl adjacent to an activating group) is 1. The number of halogens is 1. The lowest BCUT2D eigenvalue weighted by Crippen LogP contribution is -2.23. The van der Waals surface area contributed by atoms with E-state index in [1.54, 1.807) is 12.1 Å². The molecule has 0 unspecified atom stereocenters. The Hall–Kier alpha value is -1.35. The molecule has 0 saturated carbocycles. The van der Waals surface area contributed by atoms with Gasteiger partial charge < -0.3 is 9.73 Å².